The maximum atomic E-state index is 10.4. The van der Waals surface area contributed by atoms with Gasteiger partial charge in [-0.2, -0.15) is 0 Å². The molecule has 0 aromatic heterocycles. The smallest absolute Gasteiger partial charge is 0.323 e. The van der Waals surface area contributed by atoms with Gasteiger partial charge >= 0.3 is 5.97 Å². The Morgan fingerprint density at radius 3 is 2.73 bits per heavy atom. The van der Waals surface area contributed by atoms with Crippen LogP contribution < -0.4 is 5.73 Å². The quantitative estimate of drug-likeness (QED) is 0.542. The number of hydrogen-bond acceptors (Lipinski definition) is 3. The van der Waals surface area contributed by atoms with Gasteiger partial charge in [0.05, 0.1) is 6.10 Å². The molecule has 0 saturated heterocycles. The zero-order chi connectivity index (χ0) is 8.43. The molecular weight excluding hydrogens is 146 g/mol. The van der Waals surface area contributed by atoms with Crippen LogP contribution in [0.4, 0.5) is 0 Å². The monoisotopic (exact) mass is 157 g/mol. The Kier molecular flexibility index (Phi) is 2.26. The first-order valence-electron chi connectivity index (χ1n) is 3.43. The topological polar surface area (TPSA) is 72.6 Å². The lowest BCUT2D eigenvalue weighted by atomic mass is 10.2. The standard InChI is InChI=1S/C7H11NO3/c1-4-2-3-5(11-4)6(8)7(9)10/h2-6H,8H2,1H3,(H,9,10)/t4-,5?,6-/m0/s1. The molecule has 0 radical (unpaired) electrons. The van der Waals surface area contributed by atoms with Crippen molar-refractivity contribution in [1.29, 1.82) is 0 Å². The Morgan fingerprint density at radius 1 is 1.73 bits per heavy atom. The van der Waals surface area contributed by atoms with E-state index in [1.54, 1.807) is 12.2 Å². The van der Waals surface area contributed by atoms with E-state index in [4.69, 9.17) is 15.6 Å². The minimum Gasteiger partial charge on any atom is -0.480 e. The molecule has 0 spiro atoms. The maximum Gasteiger partial charge on any atom is 0.323 e. The molecule has 0 amide bonds. The van der Waals surface area contributed by atoms with Crippen LogP contribution in [0.15, 0.2) is 12.2 Å². The second-order valence-corrected chi connectivity index (χ2v) is 2.55. The molecule has 11 heavy (non-hydrogen) atoms. The fourth-order valence-corrected chi connectivity index (χ4v) is 0.949. The van der Waals surface area contributed by atoms with Crippen LogP contribution in [0.2, 0.25) is 0 Å². The van der Waals surface area contributed by atoms with Crippen LogP contribution in [0.3, 0.4) is 0 Å². The predicted octanol–water partition coefficient (Wildman–Crippen LogP) is -0.258. The van der Waals surface area contributed by atoms with E-state index in [1.165, 1.54) is 0 Å². The number of carboxylic acids is 1. The number of hydrogen-bond donors (Lipinski definition) is 2. The van der Waals surface area contributed by atoms with Crippen LogP contribution in [0.5, 0.6) is 0 Å². The van der Waals surface area contributed by atoms with Crippen molar-refractivity contribution in [3.8, 4) is 0 Å². The fraction of sp³-hybridized carbons (Fsp3) is 0.571. The summed E-state index contributed by atoms with van der Waals surface area (Å²) in [6, 6.07) is -0.948. The SMILES string of the molecule is C[C@H]1C=CC([C@H](N)C(=O)O)O1. The van der Waals surface area contributed by atoms with Crippen molar-refractivity contribution in [3.63, 3.8) is 0 Å². The summed E-state index contributed by atoms with van der Waals surface area (Å²) in [6.45, 7) is 1.84. The highest BCUT2D eigenvalue weighted by Gasteiger charge is 2.27. The van der Waals surface area contributed by atoms with Crippen LogP contribution in [0.25, 0.3) is 0 Å². The molecule has 4 nitrogen and oxygen atoms in total. The molecule has 0 fully saturated rings. The van der Waals surface area contributed by atoms with Crippen molar-refractivity contribution < 1.29 is 14.6 Å². The van der Waals surface area contributed by atoms with Gasteiger partial charge in [0, 0.05) is 0 Å². The van der Waals surface area contributed by atoms with Crippen molar-refractivity contribution in [2.75, 3.05) is 0 Å². The molecule has 1 aliphatic rings. The first kappa shape index (κ1) is 8.23. The number of carboxylic acid groups (broad SMARTS) is 1. The van der Waals surface area contributed by atoms with Crippen LogP contribution in [-0.2, 0) is 9.53 Å². The van der Waals surface area contributed by atoms with Gasteiger partial charge in [0.25, 0.3) is 0 Å². The summed E-state index contributed by atoms with van der Waals surface area (Å²) in [4.78, 5) is 10.4. The van der Waals surface area contributed by atoms with E-state index in [0.29, 0.717) is 0 Å². The molecule has 1 unspecified atom stereocenters. The first-order valence-corrected chi connectivity index (χ1v) is 3.43. The Bertz CT molecular complexity index is 190. The van der Waals surface area contributed by atoms with Gasteiger partial charge in [-0.25, -0.2) is 0 Å². The number of ether oxygens (including phenoxy) is 1. The molecule has 62 valence electrons. The molecule has 3 atom stereocenters. The largest absolute Gasteiger partial charge is 0.480 e. The minimum absolute atomic E-state index is 0.0228. The minimum atomic E-state index is -1.03. The molecule has 1 heterocycles. The lowest BCUT2D eigenvalue weighted by molar-refractivity contribution is -0.141. The molecule has 0 saturated carbocycles. The van der Waals surface area contributed by atoms with Gasteiger partial charge in [-0.3, -0.25) is 4.79 Å². The van der Waals surface area contributed by atoms with Crippen molar-refractivity contribution in [3.05, 3.63) is 12.2 Å². The summed E-state index contributed by atoms with van der Waals surface area (Å²) in [5.74, 6) is -1.03. The summed E-state index contributed by atoms with van der Waals surface area (Å²) in [6.07, 6.45) is 2.99. The highest BCUT2D eigenvalue weighted by Crippen LogP contribution is 2.12. The van der Waals surface area contributed by atoms with Gasteiger partial charge in [-0.1, -0.05) is 12.2 Å². The number of carbonyl (C=O) groups is 1. The molecule has 4 heteroatoms. The van der Waals surface area contributed by atoms with E-state index in [9.17, 15) is 4.79 Å². The highest BCUT2D eigenvalue weighted by molar-refractivity contribution is 5.74. The Labute approximate surface area is 64.6 Å². The van der Waals surface area contributed by atoms with E-state index in [0.717, 1.165) is 0 Å². The summed E-state index contributed by atoms with van der Waals surface area (Å²) < 4.78 is 5.17. The summed E-state index contributed by atoms with van der Waals surface area (Å²) >= 11 is 0. The van der Waals surface area contributed by atoms with E-state index in [-0.39, 0.29) is 6.10 Å². The molecule has 0 bridgehead atoms. The Morgan fingerprint density at radius 2 is 2.36 bits per heavy atom. The highest BCUT2D eigenvalue weighted by atomic mass is 16.5. The molecular formula is C7H11NO3. The van der Waals surface area contributed by atoms with E-state index < -0.39 is 18.1 Å². The van der Waals surface area contributed by atoms with Gasteiger partial charge in [-0.05, 0) is 6.92 Å². The van der Waals surface area contributed by atoms with E-state index in [1.807, 2.05) is 6.92 Å². The van der Waals surface area contributed by atoms with Crippen molar-refractivity contribution in [2.24, 2.45) is 5.73 Å². The van der Waals surface area contributed by atoms with E-state index >= 15 is 0 Å². The second-order valence-electron chi connectivity index (χ2n) is 2.55. The average molecular weight is 157 g/mol. The van der Waals surface area contributed by atoms with E-state index in [2.05, 4.69) is 0 Å². The van der Waals surface area contributed by atoms with Crippen molar-refractivity contribution >= 4 is 5.97 Å². The third-order valence-electron chi connectivity index (χ3n) is 1.58. The molecule has 3 N–H and O–H groups in total. The lowest BCUT2D eigenvalue weighted by Crippen LogP contribution is -2.41. The Hall–Kier alpha value is -0.870. The van der Waals surface area contributed by atoms with Crippen molar-refractivity contribution in [1.82, 2.24) is 0 Å². The molecule has 0 aromatic carbocycles. The lowest BCUT2D eigenvalue weighted by Gasteiger charge is -2.14. The zero-order valence-corrected chi connectivity index (χ0v) is 6.23. The first-order chi connectivity index (χ1) is 5.11. The third kappa shape index (κ3) is 1.78. The molecule has 1 rings (SSSR count). The average Bonchev–Trinajstić information content (AvgIpc) is 2.34. The fourth-order valence-electron chi connectivity index (χ4n) is 0.949. The molecule has 0 aromatic rings. The van der Waals surface area contributed by atoms with Crippen LogP contribution in [0, 0.1) is 0 Å². The normalized spacial score (nSPS) is 32.2. The second kappa shape index (κ2) is 3.02. The summed E-state index contributed by atoms with van der Waals surface area (Å²) in [5.41, 5.74) is 5.31. The number of aliphatic carboxylic acids is 1. The van der Waals surface area contributed by atoms with Crippen molar-refractivity contribution in [2.45, 2.75) is 25.2 Å². The van der Waals surface area contributed by atoms with Gasteiger partial charge in [-0.15, -0.1) is 0 Å². The Balaban J connectivity index is 2.51. The van der Waals surface area contributed by atoms with Crippen LogP contribution >= 0.6 is 0 Å². The van der Waals surface area contributed by atoms with Crippen LogP contribution in [0.1, 0.15) is 6.92 Å². The number of nitrogens with two attached hydrogens (primary N) is 1. The molecule has 1 aliphatic heterocycles. The van der Waals surface area contributed by atoms with Gasteiger partial charge in [0.1, 0.15) is 12.1 Å². The zero-order valence-electron chi connectivity index (χ0n) is 6.23. The van der Waals surface area contributed by atoms with Crippen LogP contribution in [-0.4, -0.2) is 29.3 Å². The predicted molar refractivity (Wildman–Crippen MR) is 39.1 cm³/mol. The maximum absolute atomic E-state index is 10.4. The van der Waals surface area contributed by atoms with Gasteiger partial charge < -0.3 is 15.6 Å². The summed E-state index contributed by atoms with van der Waals surface area (Å²) in [5, 5.41) is 8.49. The van der Waals surface area contributed by atoms with Gasteiger partial charge in [0.15, 0.2) is 0 Å². The van der Waals surface area contributed by atoms with Gasteiger partial charge in [0.2, 0.25) is 0 Å². The third-order valence-corrected chi connectivity index (χ3v) is 1.58. The summed E-state index contributed by atoms with van der Waals surface area (Å²) in [7, 11) is 0. The number of rotatable bonds is 2. The molecule has 0 aliphatic carbocycles.